The normalized spacial score (nSPS) is 13.6. The summed E-state index contributed by atoms with van der Waals surface area (Å²) in [6, 6.07) is 10.9. The Hall–Kier alpha value is -2.38. The molecule has 0 saturated heterocycles. The zero-order valence-electron chi connectivity index (χ0n) is 17.4. The van der Waals surface area contributed by atoms with Crippen LogP contribution in [0.1, 0.15) is 30.5 Å². The fraction of sp³-hybridized carbons (Fsp3) is 0.409. The summed E-state index contributed by atoms with van der Waals surface area (Å²) in [5.74, 6) is 0.603. The fourth-order valence-electron chi connectivity index (χ4n) is 3.75. The molecule has 0 atom stereocenters. The van der Waals surface area contributed by atoms with Gasteiger partial charge in [-0.05, 0) is 55.2 Å². The molecule has 6 nitrogen and oxygen atoms in total. The maximum atomic E-state index is 12.8. The van der Waals surface area contributed by atoms with Crippen molar-refractivity contribution in [2.75, 3.05) is 31.1 Å². The average molecular weight is 417 g/mol. The number of hydrogen-bond donors (Lipinski definition) is 0. The number of rotatable bonds is 7. The molecule has 0 aromatic heterocycles. The number of nitrogens with zero attached hydrogens (tertiary/aromatic N) is 2. The molecule has 1 amide bonds. The van der Waals surface area contributed by atoms with Crippen molar-refractivity contribution in [2.24, 2.45) is 0 Å². The molecule has 1 aliphatic heterocycles. The fourth-order valence-corrected chi connectivity index (χ4v) is 5.26. The van der Waals surface area contributed by atoms with Gasteiger partial charge in [0.25, 0.3) is 5.91 Å². The van der Waals surface area contributed by atoms with Crippen molar-refractivity contribution in [3.8, 4) is 5.75 Å². The summed E-state index contributed by atoms with van der Waals surface area (Å²) in [6.45, 7) is 8.89. The first-order valence-corrected chi connectivity index (χ1v) is 11.4. The second-order valence-electron chi connectivity index (χ2n) is 7.18. The smallest absolute Gasteiger partial charge is 0.264 e. The van der Waals surface area contributed by atoms with Crippen molar-refractivity contribution < 1.29 is 17.9 Å². The van der Waals surface area contributed by atoms with Crippen LogP contribution >= 0.6 is 0 Å². The number of aryl methyl sites for hydroxylation is 2. The van der Waals surface area contributed by atoms with Gasteiger partial charge in [-0.25, -0.2) is 8.42 Å². The van der Waals surface area contributed by atoms with E-state index in [1.807, 2.05) is 45.9 Å². The Morgan fingerprint density at radius 1 is 1.10 bits per heavy atom. The van der Waals surface area contributed by atoms with E-state index in [-0.39, 0.29) is 17.4 Å². The Morgan fingerprint density at radius 2 is 1.76 bits per heavy atom. The number of anilines is 1. The van der Waals surface area contributed by atoms with Crippen molar-refractivity contribution >= 4 is 21.6 Å². The van der Waals surface area contributed by atoms with E-state index in [1.165, 1.54) is 4.31 Å². The molecule has 0 spiro atoms. The molecule has 2 aromatic rings. The van der Waals surface area contributed by atoms with E-state index in [0.29, 0.717) is 26.1 Å². The van der Waals surface area contributed by atoms with Crippen molar-refractivity contribution in [2.45, 2.75) is 39.0 Å². The molecule has 3 rings (SSSR count). The minimum Gasteiger partial charge on any atom is -0.483 e. The maximum absolute atomic E-state index is 12.8. The number of ether oxygens (including phenoxy) is 1. The van der Waals surface area contributed by atoms with Crippen LogP contribution < -0.4 is 9.64 Å². The SMILES string of the molecule is CCN(CC)S(=O)(=O)c1ccc2c(c1)CCN2C(=O)COc1c(C)cccc1C. The summed E-state index contributed by atoms with van der Waals surface area (Å²) in [6.07, 6.45) is 0.631. The van der Waals surface area contributed by atoms with Gasteiger partial charge < -0.3 is 9.64 Å². The topological polar surface area (TPSA) is 66.9 Å². The van der Waals surface area contributed by atoms with Crippen LogP contribution in [-0.4, -0.2) is 44.9 Å². The average Bonchev–Trinajstić information content (AvgIpc) is 3.11. The van der Waals surface area contributed by atoms with E-state index >= 15 is 0 Å². The molecule has 0 radical (unpaired) electrons. The predicted octanol–water partition coefficient (Wildman–Crippen LogP) is 3.30. The van der Waals surface area contributed by atoms with E-state index in [2.05, 4.69) is 0 Å². The van der Waals surface area contributed by atoms with E-state index in [0.717, 1.165) is 28.1 Å². The Labute approximate surface area is 173 Å². The predicted molar refractivity (Wildman–Crippen MR) is 114 cm³/mol. The molecule has 0 unspecified atom stereocenters. The number of hydrogen-bond acceptors (Lipinski definition) is 4. The van der Waals surface area contributed by atoms with Crippen LogP contribution in [0.15, 0.2) is 41.3 Å². The second-order valence-corrected chi connectivity index (χ2v) is 9.12. The van der Waals surface area contributed by atoms with Gasteiger partial charge in [0.1, 0.15) is 5.75 Å². The van der Waals surface area contributed by atoms with Crippen LogP contribution in [0, 0.1) is 13.8 Å². The molecule has 0 aliphatic carbocycles. The summed E-state index contributed by atoms with van der Waals surface area (Å²) in [4.78, 5) is 14.7. The summed E-state index contributed by atoms with van der Waals surface area (Å²) >= 11 is 0. The van der Waals surface area contributed by atoms with Gasteiger partial charge in [0.15, 0.2) is 6.61 Å². The van der Waals surface area contributed by atoms with E-state index < -0.39 is 10.0 Å². The number of benzene rings is 2. The Kier molecular flexibility index (Phi) is 6.29. The molecule has 1 heterocycles. The highest BCUT2D eigenvalue weighted by atomic mass is 32.2. The number of amides is 1. The van der Waals surface area contributed by atoms with Crippen LogP contribution in [0.4, 0.5) is 5.69 Å². The van der Waals surface area contributed by atoms with Crippen LogP contribution in [0.25, 0.3) is 0 Å². The van der Waals surface area contributed by atoms with Crippen molar-refractivity contribution in [1.82, 2.24) is 4.31 Å². The van der Waals surface area contributed by atoms with Gasteiger partial charge in [-0.2, -0.15) is 4.31 Å². The first kappa shape index (κ1) is 21.3. The van der Waals surface area contributed by atoms with Crippen LogP contribution in [0.2, 0.25) is 0 Å². The summed E-state index contributed by atoms with van der Waals surface area (Å²) in [5.41, 5.74) is 3.62. The first-order valence-electron chi connectivity index (χ1n) is 9.92. The third kappa shape index (κ3) is 4.16. The quantitative estimate of drug-likeness (QED) is 0.695. The van der Waals surface area contributed by atoms with Crippen molar-refractivity contribution in [3.63, 3.8) is 0 Å². The number of fused-ring (bicyclic) bond motifs is 1. The lowest BCUT2D eigenvalue weighted by Gasteiger charge is -2.20. The van der Waals surface area contributed by atoms with E-state index in [1.54, 1.807) is 23.1 Å². The number of carbonyl (C=O) groups excluding carboxylic acids is 1. The van der Waals surface area contributed by atoms with E-state index in [4.69, 9.17) is 4.74 Å². The van der Waals surface area contributed by atoms with Gasteiger partial charge in [-0.15, -0.1) is 0 Å². The van der Waals surface area contributed by atoms with Gasteiger partial charge in [-0.3, -0.25) is 4.79 Å². The summed E-state index contributed by atoms with van der Waals surface area (Å²) in [5, 5.41) is 0. The molecule has 0 saturated carbocycles. The molecule has 29 heavy (non-hydrogen) atoms. The first-order chi connectivity index (χ1) is 13.8. The highest BCUT2D eigenvalue weighted by Crippen LogP contribution is 2.31. The molecule has 0 bridgehead atoms. The largest absolute Gasteiger partial charge is 0.483 e. The Bertz CT molecular complexity index is 993. The lowest BCUT2D eigenvalue weighted by molar-refractivity contribution is -0.120. The van der Waals surface area contributed by atoms with Crippen molar-refractivity contribution in [1.29, 1.82) is 0 Å². The monoisotopic (exact) mass is 416 g/mol. The van der Waals surface area contributed by atoms with Crippen LogP contribution in [0.3, 0.4) is 0 Å². The van der Waals surface area contributed by atoms with Gasteiger partial charge in [0.05, 0.1) is 4.90 Å². The minimum absolute atomic E-state index is 0.0510. The molecular formula is C22H28N2O4S. The highest BCUT2D eigenvalue weighted by Gasteiger charge is 2.28. The highest BCUT2D eigenvalue weighted by molar-refractivity contribution is 7.89. The lowest BCUT2D eigenvalue weighted by Crippen LogP contribution is -2.33. The molecule has 2 aromatic carbocycles. The minimum atomic E-state index is -3.51. The molecule has 7 heteroatoms. The maximum Gasteiger partial charge on any atom is 0.264 e. The van der Waals surface area contributed by atoms with E-state index in [9.17, 15) is 13.2 Å². The number of carbonyl (C=O) groups is 1. The number of sulfonamides is 1. The summed E-state index contributed by atoms with van der Waals surface area (Å²) < 4.78 is 32.8. The standard InChI is InChI=1S/C22H28N2O4S/c1-5-23(6-2)29(26,27)19-10-11-20-18(14-19)12-13-24(20)21(25)15-28-22-16(3)8-7-9-17(22)4/h7-11,14H,5-6,12-13,15H2,1-4H3. The zero-order chi connectivity index (χ0) is 21.2. The molecule has 156 valence electrons. The van der Waals surface area contributed by atoms with Crippen LogP contribution in [-0.2, 0) is 21.2 Å². The van der Waals surface area contributed by atoms with Crippen LogP contribution in [0.5, 0.6) is 5.75 Å². The van der Waals surface area contributed by atoms with Gasteiger partial charge in [-0.1, -0.05) is 32.0 Å². The number of para-hydroxylation sites is 1. The second kappa shape index (κ2) is 8.55. The Balaban J connectivity index is 1.77. The molecule has 0 fully saturated rings. The van der Waals surface area contributed by atoms with Gasteiger partial charge in [0, 0.05) is 25.3 Å². The Morgan fingerprint density at radius 3 is 2.38 bits per heavy atom. The molecule has 1 aliphatic rings. The summed E-state index contributed by atoms with van der Waals surface area (Å²) in [7, 11) is -3.51. The third-order valence-corrected chi connectivity index (χ3v) is 7.39. The molecular weight excluding hydrogens is 388 g/mol. The zero-order valence-corrected chi connectivity index (χ0v) is 18.3. The third-order valence-electron chi connectivity index (χ3n) is 5.34. The van der Waals surface area contributed by atoms with Gasteiger partial charge in [0.2, 0.25) is 10.0 Å². The van der Waals surface area contributed by atoms with Gasteiger partial charge >= 0.3 is 0 Å². The lowest BCUT2D eigenvalue weighted by atomic mass is 10.1. The molecule has 0 N–H and O–H groups in total. The van der Waals surface area contributed by atoms with Crippen molar-refractivity contribution in [3.05, 3.63) is 53.1 Å².